The van der Waals surface area contributed by atoms with Gasteiger partial charge in [-0.15, -0.1) is 0 Å². The molecular weight excluding hydrogens is 498 g/mol. The molecule has 1 aliphatic carbocycles. The van der Waals surface area contributed by atoms with Crippen molar-refractivity contribution < 1.29 is 9.47 Å². The van der Waals surface area contributed by atoms with Crippen molar-refractivity contribution in [2.75, 3.05) is 57.9 Å². The maximum Gasteiger partial charge on any atom is 0.225 e. The van der Waals surface area contributed by atoms with E-state index in [-0.39, 0.29) is 6.23 Å². The van der Waals surface area contributed by atoms with Crippen LogP contribution in [-0.4, -0.2) is 85.0 Å². The van der Waals surface area contributed by atoms with Crippen LogP contribution in [0.5, 0.6) is 0 Å². The number of methoxy groups -OCH3 is 1. The molecule has 38 heavy (non-hydrogen) atoms. The maximum absolute atomic E-state index is 6.13. The Hall–Kier alpha value is -1.93. The molecule has 0 radical (unpaired) electrons. The Bertz CT molecular complexity index is 925. The lowest BCUT2D eigenvalue weighted by Gasteiger charge is -2.43. The fourth-order valence-electron chi connectivity index (χ4n) is 5.15. The standard InChI is InChI=1S/C28H42ClN5O2.C2H6/c1-4-7-24(29)12-11-22(2)36-21-27(35-3)33-14-6-8-23-20-30-28(31-26(23)13-15-33)34-18-16-32(17-19-34)25-9-5-10-25;1-2/h7,11-12,20,25,27H,2,4-6,8-10,13-19,21H2,1,3H3;1-2H3/b12-11-,24-7+;. The first-order chi connectivity index (χ1) is 18.6. The van der Waals surface area contributed by atoms with Crippen molar-refractivity contribution in [2.24, 2.45) is 0 Å². The molecule has 2 aliphatic heterocycles. The normalized spacial score (nSPS) is 20.6. The van der Waals surface area contributed by atoms with E-state index < -0.39 is 0 Å². The monoisotopic (exact) mass is 545 g/mol. The second-order valence-corrected chi connectivity index (χ2v) is 10.4. The van der Waals surface area contributed by atoms with Gasteiger partial charge in [0.1, 0.15) is 18.6 Å². The minimum Gasteiger partial charge on any atom is -0.490 e. The Labute approximate surface area is 235 Å². The molecule has 1 aromatic rings. The molecule has 3 aliphatic rings. The summed E-state index contributed by atoms with van der Waals surface area (Å²) >= 11 is 6.13. The van der Waals surface area contributed by atoms with E-state index in [1.807, 2.05) is 26.0 Å². The summed E-state index contributed by atoms with van der Waals surface area (Å²) in [6, 6.07) is 0.816. The first-order valence-electron chi connectivity index (χ1n) is 14.5. The molecule has 1 saturated carbocycles. The highest BCUT2D eigenvalue weighted by Crippen LogP contribution is 2.26. The average molecular weight is 546 g/mol. The molecule has 2 fully saturated rings. The Kier molecular flexibility index (Phi) is 13.1. The smallest absolute Gasteiger partial charge is 0.225 e. The Morgan fingerprint density at radius 2 is 1.87 bits per heavy atom. The third-order valence-corrected chi connectivity index (χ3v) is 7.86. The fraction of sp³-hybridized carbons (Fsp3) is 0.667. The number of ether oxygens (including phenoxy) is 2. The largest absolute Gasteiger partial charge is 0.490 e. The molecule has 1 saturated heterocycles. The number of anilines is 1. The van der Waals surface area contributed by atoms with Gasteiger partial charge < -0.3 is 14.4 Å². The predicted molar refractivity (Wildman–Crippen MR) is 158 cm³/mol. The van der Waals surface area contributed by atoms with Crippen molar-refractivity contribution >= 4 is 17.5 Å². The molecule has 0 amide bonds. The summed E-state index contributed by atoms with van der Waals surface area (Å²) < 4.78 is 11.7. The Balaban J connectivity index is 0.00000195. The number of piperazine rings is 1. The third kappa shape index (κ3) is 8.80. The topological polar surface area (TPSA) is 54.0 Å². The Morgan fingerprint density at radius 1 is 1.11 bits per heavy atom. The number of halogens is 1. The lowest BCUT2D eigenvalue weighted by Crippen LogP contribution is -2.52. The van der Waals surface area contributed by atoms with Crippen molar-refractivity contribution in [3.63, 3.8) is 0 Å². The number of allylic oxidation sites excluding steroid dienone is 4. The van der Waals surface area contributed by atoms with E-state index in [2.05, 4.69) is 34.4 Å². The van der Waals surface area contributed by atoms with E-state index in [4.69, 9.17) is 31.0 Å². The van der Waals surface area contributed by atoms with Gasteiger partial charge in [-0.2, -0.15) is 0 Å². The molecule has 0 bridgehead atoms. The number of fused-ring (bicyclic) bond motifs is 1. The van der Waals surface area contributed by atoms with Crippen molar-refractivity contribution in [3.8, 4) is 0 Å². The number of hydrogen-bond donors (Lipinski definition) is 0. The SMILES string of the molecule is C=C(/C=C\C(Cl)=C/CC)OCC(OC)N1CCCc2cnc(N3CCN(C4CCC4)CC3)nc2CC1.CC. The summed E-state index contributed by atoms with van der Waals surface area (Å²) in [5.41, 5.74) is 2.46. The minimum atomic E-state index is -0.140. The number of aryl methyl sites for hydroxylation is 1. The third-order valence-electron chi connectivity index (χ3n) is 7.58. The van der Waals surface area contributed by atoms with Crippen LogP contribution in [0.4, 0.5) is 5.95 Å². The van der Waals surface area contributed by atoms with Gasteiger partial charge in [0.2, 0.25) is 5.95 Å². The van der Waals surface area contributed by atoms with Crippen molar-refractivity contribution in [3.05, 3.63) is 53.1 Å². The predicted octanol–water partition coefficient (Wildman–Crippen LogP) is 5.56. The summed E-state index contributed by atoms with van der Waals surface area (Å²) in [4.78, 5) is 17.2. The molecule has 3 heterocycles. The van der Waals surface area contributed by atoms with Gasteiger partial charge >= 0.3 is 0 Å². The average Bonchev–Trinajstić information content (AvgIpc) is 2.90. The molecule has 1 unspecified atom stereocenters. The van der Waals surface area contributed by atoms with Crippen LogP contribution in [-0.2, 0) is 22.3 Å². The zero-order valence-corrected chi connectivity index (χ0v) is 24.8. The summed E-state index contributed by atoms with van der Waals surface area (Å²) in [5, 5.41) is 0.689. The first-order valence-corrected chi connectivity index (χ1v) is 14.9. The number of hydrogen-bond acceptors (Lipinski definition) is 7. The van der Waals surface area contributed by atoms with Crippen molar-refractivity contribution in [2.45, 2.75) is 78.0 Å². The lowest BCUT2D eigenvalue weighted by atomic mass is 9.91. The van der Waals surface area contributed by atoms with Crippen LogP contribution in [0.15, 0.2) is 41.8 Å². The molecule has 0 N–H and O–H groups in total. The van der Waals surface area contributed by atoms with Crippen LogP contribution in [0.1, 0.15) is 64.1 Å². The van der Waals surface area contributed by atoms with Gasteiger partial charge in [-0.1, -0.05) is 51.4 Å². The molecule has 0 aromatic carbocycles. The van der Waals surface area contributed by atoms with Gasteiger partial charge in [0, 0.05) is 70.1 Å². The number of rotatable bonds is 10. The van der Waals surface area contributed by atoms with Gasteiger partial charge in [0.25, 0.3) is 0 Å². The molecular formula is C30H48ClN5O2. The quantitative estimate of drug-likeness (QED) is 0.282. The second-order valence-electron chi connectivity index (χ2n) is 9.94. The number of nitrogens with zero attached hydrogens (tertiary/aromatic N) is 5. The van der Waals surface area contributed by atoms with E-state index >= 15 is 0 Å². The van der Waals surface area contributed by atoms with Crippen LogP contribution in [0, 0.1) is 0 Å². The van der Waals surface area contributed by atoms with Crippen LogP contribution >= 0.6 is 11.6 Å². The summed E-state index contributed by atoms with van der Waals surface area (Å²) in [6.07, 6.45) is 15.4. The molecule has 1 aromatic heterocycles. The summed E-state index contributed by atoms with van der Waals surface area (Å²) in [7, 11) is 1.74. The highest BCUT2D eigenvalue weighted by molar-refractivity contribution is 6.31. The number of aromatic nitrogens is 2. The fourth-order valence-corrected chi connectivity index (χ4v) is 5.37. The zero-order valence-electron chi connectivity index (χ0n) is 24.0. The highest BCUT2D eigenvalue weighted by atomic mass is 35.5. The van der Waals surface area contributed by atoms with Crippen LogP contribution in [0.3, 0.4) is 0 Å². The second kappa shape index (κ2) is 16.2. The first kappa shape index (κ1) is 30.6. The lowest BCUT2D eigenvalue weighted by molar-refractivity contribution is -0.0700. The molecule has 8 heteroatoms. The molecule has 0 spiro atoms. The van der Waals surface area contributed by atoms with E-state index in [1.165, 1.54) is 30.5 Å². The van der Waals surface area contributed by atoms with Gasteiger partial charge in [0.15, 0.2) is 0 Å². The van der Waals surface area contributed by atoms with Crippen molar-refractivity contribution in [1.29, 1.82) is 0 Å². The van der Waals surface area contributed by atoms with Gasteiger partial charge in [-0.25, -0.2) is 9.97 Å². The molecule has 1 atom stereocenters. The minimum absolute atomic E-state index is 0.140. The zero-order chi connectivity index (χ0) is 27.3. The summed E-state index contributed by atoms with van der Waals surface area (Å²) in [5.74, 6) is 1.46. The van der Waals surface area contributed by atoms with Crippen molar-refractivity contribution in [1.82, 2.24) is 19.8 Å². The van der Waals surface area contributed by atoms with Crippen LogP contribution in [0.25, 0.3) is 0 Å². The van der Waals surface area contributed by atoms with Gasteiger partial charge in [-0.3, -0.25) is 9.80 Å². The van der Waals surface area contributed by atoms with Crippen LogP contribution in [0.2, 0.25) is 0 Å². The van der Waals surface area contributed by atoms with Gasteiger partial charge in [0.05, 0.1) is 5.69 Å². The van der Waals surface area contributed by atoms with E-state index in [1.54, 1.807) is 13.2 Å². The Morgan fingerprint density at radius 3 is 2.53 bits per heavy atom. The van der Waals surface area contributed by atoms with E-state index in [0.29, 0.717) is 17.4 Å². The van der Waals surface area contributed by atoms with Gasteiger partial charge in [-0.05, 0) is 49.8 Å². The van der Waals surface area contributed by atoms with E-state index in [9.17, 15) is 0 Å². The van der Waals surface area contributed by atoms with E-state index in [0.717, 1.165) is 76.9 Å². The molecule has 4 rings (SSSR count). The molecule has 7 nitrogen and oxygen atoms in total. The van der Waals surface area contributed by atoms with Crippen LogP contribution < -0.4 is 4.90 Å². The molecule has 212 valence electrons. The summed E-state index contributed by atoms with van der Waals surface area (Å²) in [6.45, 7) is 16.5. The maximum atomic E-state index is 6.13. The highest BCUT2D eigenvalue weighted by Gasteiger charge is 2.29.